The summed E-state index contributed by atoms with van der Waals surface area (Å²) in [5.41, 5.74) is 3.70. The Morgan fingerprint density at radius 1 is 1.00 bits per heavy atom. The van der Waals surface area contributed by atoms with Gasteiger partial charge in [0.05, 0.1) is 25.5 Å². The molecule has 4 aliphatic heterocycles. The van der Waals surface area contributed by atoms with Crippen molar-refractivity contribution in [2.75, 3.05) is 40.0 Å². The van der Waals surface area contributed by atoms with Gasteiger partial charge in [-0.05, 0) is 19.1 Å². The van der Waals surface area contributed by atoms with E-state index in [0.29, 0.717) is 0 Å². The first-order valence-electron chi connectivity index (χ1n) is 8.07. The van der Waals surface area contributed by atoms with Crippen LogP contribution in [0.5, 0.6) is 0 Å². The number of nitrogens with zero attached hydrogens (tertiary/aromatic N) is 5. The number of aromatic nitrogens is 1. The van der Waals surface area contributed by atoms with Gasteiger partial charge in [-0.2, -0.15) is 0 Å². The summed E-state index contributed by atoms with van der Waals surface area (Å²) in [4.78, 5) is 12.5. The van der Waals surface area contributed by atoms with Crippen molar-refractivity contribution in [3.63, 3.8) is 0 Å². The van der Waals surface area contributed by atoms with Crippen LogP contribution in [-0.4, -0.2) is 64.2 Å². The highest BCUT2D eigenvalue weighted by Crippen LogP contribution is 2.31. The quantitative estimate of drug-likeness (QED) is 0.599. The monoisotopic (exact) mass is 375 g/mol. The second kappa shape index (κ2) is 5.50. The lowest BCUT2D eigenvalue weighted by atomic mass is 10.1. The molecule has 6 heteroatoms. The van der Waals surface area contributed by atoms with Crippen LogP contribution in [0.2, 0.25) is 0 Å². The van der Waals surface area contributed by atoms with Crippen LogP contribution in [0.3, 0.4) is 0 Å². The molecule has 23 heavy (non-hydrogen) atoms. The van der Waals surface area contributed by atoms with E-state index in [4.69, 9.17) is 4.98 Å². The van der Waals surface area contributed by atoms with Crippen LogP contribution in [0.1, 0.15) is 11.3 Å². The van der Waals surface area contributed by atoms with E-state index in [1.807, 2.05) is 0 Å². The van der Waals surface area contributed by atoms with Crippen LogP contribution >= 0.6 is 0 Å². The van der Waals surface area contributed by atoms with Crippen molar-refractivity contribution in [1.82, 2.24) is 19.7 Å². The van der Waals surface area contributed by atoms with E-state index in [2.05, 4.69) is 52.0 Å². The summed E-state index contributed by atoms with van der Waals surface area (Å²) in [5.74, 6) is 0. The molecule has 6 rings (SSSR count). The molecule has 4 saturated heterocycles. The number of benzene rings is 1. The van der Waals surface area contributed by atoms with Crippen LogP contribution in [0.4, 0.5) is 0 Å². The Morgan fingerprint density at radius 2 is 1.61 bits per heavy atom. The number of para-hydroxylation sites is 1. The van der Waals surface area contributed by atoms with Gasteiger partial charge in [-0.15, -0.1) is 0 Å². The topological polar surface area (TPSA) is 22.6 Å². The molecule has 122 valence electrons. The zero-order chi connectivity index (χ0) is 14.7. The minimum absolute atomic E-state index is 0. The summed E-state index contributed by atoms with van der Waals surface area (Å²) in [6.07, 6.45) is 0. The third-order valence-corrected chi connectivity index (χ3v) is 5.23. The summed E-state index contributed by atoms with van der Waals surface area (Å²) in [6.45, 7) is 10.2. The van der Waals surface area contributed by atoms with Crippen LogP contribution in [0.25, 0.3) is 10.9 Å². The molecule has 0 atom stereocenters. The Labute approximate surface area is 147 Å². The molecular weight excluding hydrogens is 354 g/mol. The molecule has 0 amide bonds. The summed E-state index contributed by atoms with van der Waals surface area (Å²) in [5, 5.41) is 1.26. The molecule has 0 aliphatic carbocycles. The molecule has 4 aliphatic rings. The standard InChI is InChI=1S/C17H22N5.BrH/c1-14-16(6-15-4-2-3-5-17(15)18-14)7-22-11-19-8-20(12-22)10-21(9-19)13-22;/h2-6H,7-13H2,1H3;1H/q+1;/p-1. The maximum atomic E-state index is 4.82. The predicted octanol–water partition coefficient (Wildman–Crippen LogP) is -1.44. The van der Waals surface area contributed by atoms with Gasteiger partial charge in [0.2, 0.25) is 0 Å². The van der Waals surface area contributed by atoms with Crippen molar-refractivity contribution in [3.05, 3.63) is 41.6 Å². The second-order valence-corrected chi connectivity index (χ2v) is 7.29. The number of hydrogen-bond donors (Lipinski definition) is 0. The van der Waals surface area contributed by atoms with E-state index < -0.39 is 0 Å². The molecule has 4 fully saturated rings. The zero-order valence-corrected chi connectivity index (χ0v) is 15.0. The maximum absolute atomic E-state index is 4.82. The molecule has 0 N–H and O–H groups in total. The predicted molar refractivity (Wildman–Crippen MR) is 85.2 cm³/mol. The van der Waals surface area contributed by atoms with Gasteiger partial charge in [-0.3, -0.25) is 9.47 Å². The van der Waals surface area contributed by atoms with Crippen molar-refractivity contribution in [2.45, 2.75) is 13.5 Å². The Balaban J connectivity index is 0.00000135. The lowest BCUT2D eigenvalue weighted by Gasteiger charge is -2.60. The summed E-state index contributed by atoms with van der Waals surface area (Å²) in [7, 11) is 0. The van der Waals surface area contributed by atoms with E-state index in [-0.39, 0.29) is 17.0 Å². The van der Waals surface area contributed by atoms with Gasteiger partial charge in [0.1, 0.15) is 26.6 Å². The van der Waals surface area contributed by atoms with E-state index in [1.54, 1.807) is 0 Å². The van der Waals surface area contributed by atoms with Gasteiger partial charge in [0.25, 0.3) is 0 Å². The maximum Gasteiger partial charge on any atom is 0.139 e. The Hall–Kier alpha value is -1.05. The lowest BCUT2D eigenvalue weighted by Crippen LogP contribution is -3.00. The first-order valence-corrected chi connectivity index (χ1v) is 8.07. The lowest BCUT2D eigenvalue weighted by molar-refractivity contribution is -0.991. The van der Waals surface area contributed by atoms with Crippen LogP contribution in [-0.2, 0) is 6.54 Å². The van der Waals surface area contributed by atoms with Crippen molar-refractivity contribution in [1.29, 1.82) is 0 Å². The smallest absolute Gasteiger partial charge is 0.139 e. The average molecular weight is 376 g/mol. The number of aryl methyl sites for hydroxylation is 1. The van der Waals surface area contributed by atoms with E-state index >= 15 is 0 Å². The molecule has 4 bridgehead atoms. The molecule has 0 spiro atoms. The van der Waals surface area contributed by atoms with Crippen LogP contribution < -0.4 is 17.0 Å². The Morgan fingerprint density at radius 3 is 2.26 bits per heavy atom. The first-order chi connectivity index (χ1) is 10.7. The fraction of sp³-hybridized carbons (Fsp3) is 0.471. The fourth-order valence-corrected chi connectivity index (χ4v) is 4.59. The molecule has 5 nitrogen and oxygen atoms in total. The normalized spacial score (nSPS) is 34.6. The molecule has 2 aromatic rings. The van der Waals surface area contributed by atoms with E-state index in [0.717, 1.165) is 36.6 Å². The number of rotatable bonds is 2. The summed E-state index contributed by atoms with van der Waals surface area (Å²) in [6, 6.07) is 10.8. The molecule has 0 saturated carbocycles. The fourth-order valence-electron chi connectivity index (χ4n) is 4.59. The number of fused-ring (bicyclic) bond motifs is 1. The largest absolute Gasteiger partial charge is 1.00 e. The third kappa shape index (κ3) is 2.58. The SMILES string of the molecule is Cc1nc2ccccc2cc1C[N+]12CN3CN(CN(C3)C1)C2.[Br-]. The molecular formula is C17H22BrN5. The Bertz CT molecular complexity index is 712. The van der Waals surface area contributed by atoms with Crippen LogP contribution in [0, 0.1) is 6.92 Å². The van der Waals surface area contributed by atoms with Gasteiger partial charge in [-0.1, -0.05) is 18.2 Å². The molecule has 1 aromatic heterocycles. The summed E-state index contributed by atoms with van der Waals surface area (Å²) >= 11 is 0. The van der Waals surface area contributed by atoms with Gasteiger partial charge >= 0.3 is 0 Å². The van der Waals surface area contributed by atoms with Crippen molar-refractivity contribution < 1.29 is 21.5 Å². The van der Waals surface area contributed by atoms with E-state index in [9.17, 15) is 0 Å². The Kier molecular flexibility index (Phi) is 3.70. The molecule has 1 aromatic carbocycles. The number of hydrogen-bond acceptors (Lipinski definition) is 4. The van der Waals surface area contributed by atoms with E-state index in [1.165, 1.54) is 36.6 Å². The highest BCUT2D eigenvalue weighted by molar-refractivity contribution is 5.79. The number of quaternary nitrogens is 1. The van der Waals surface area contributed by atoms with Crippen LogP contribution in [0.15, 0.2) is 30.3 Å². The third-order valence-electron chi connectivity index (χ3n) is 5.23. The van der Waals surface area contributed by atoms with Gasteiger partial charge in [0.15, 0.2) is 0 Å². The first kappa shape index (κ1) is 15.5. The van der Waals surface area contributed by atoms with Gasteiger partial charge in [-0.25, -0.2) is 14.7 Å². The number of halogens is 1. The number of pyridine rings is 1. The van der Waals surface area contributed by atoms with Gasteiger partial charge < -0.3 is 17.0 Å². The average Bonchev–Trinajstić information content (AvgIpc) is 2.46. The minimum Gasteiger partial charge on any atom is -1.00 e. The highest BCUT2D eigenvalue weighted by Gasteiger charge is 2.48. The van der Waals surface area contributed by atoms with Crippen molar-refractivity contribution in [3.8, 4) is 0 Å². The molecule has 0 radical (unpaired) electrons. The minimum atomic E-state index is 0. The summed E-state index contributed by atoms with van der Waals surface area (Å²) < 4.78 is 1.14. The highest BCUT2D eigenvalue weighted by atomic mass is 79.9. The zero-order valence-electron chi connectivity index (χ0n) is 13.5. The van der Waals surface area contributed by atoms with Crippen molar-refractivity contribution in [2.24, 2.45) is 0 Å². The second-order valence-electron chi connectivity index (χ2n) is 7.29. The van der Waals surface area contributed by atoms with Crippen molar-refractivity contribution >= 4 is 10.9 Å². The molecule has 5 heterocycles. The molecule has 0 unspecified atom stereocenters. The van der Waals surface area contributed by atoms with Gasteiger partial charge in [0, 0.05) is 16.6 Å².